The van der Waals surface area contributed by atoms with Gasteiger partial charge in [0.15, 0.2) is 0 Å². The van der Waals surface area contributed by atoms with Gasteiger partial charge in [-0.25, -0.2) is 9.38 Å². The fourth-order valence-electron chi connectivity index (χ4n) is 4.02. The quantitative estimate of drug-likeness (QED) is 0.317. The average molecular weight is 536 g/mol. The smallest absolute Gasteiger partial charge is 0.313 e. The standard InChI is InChI=1S/C28H23ClFN3O3S/c29-24-14-22(9-10-25(24)36-16-20-7-4-8-21(30)13-20)32-27-23-11-12-37(17-26(34)35)28(23)33(18-31-27)15-19-5-2-1-3-6-19/h1-14,18,32H,15-17H2,(H,34,35). The molecule has 0 saturated carbocycles. The molecule has 188 valence electrons. The van der Waals surface area contributed by atoms with Crippen LogP contribution >= 0.6 is 22.1 Å². The fraction of sp³-hybridized carbons (Fsp3) is 0.107. The minimum atomic E-state index is -0.848. The molecule has 2 aliphatic heterocycles. The van der Waals surface area contributed by atoms with Gasteiger partial charge in [-0.2, -0.15) is 0 Å². The van der Waals surface area contributed by atoms with Crippen molar-refractivity contribution >= 4 is 45.1 Å². The Balaban J connectivity index is 1.36. The number of rotatable bonds is 9. The van der Waals surface area contributed by atoms with Crippen LogP contribution in [0.4, 0.5) is 10.1 Å². The van der Waals surface area contributed by atoms with Crippen LogP contribution in [0.1, 0.15) is 11.1 Å². The second-order valence-corrected chi connectivity index (χ2v) is 10.6. The van der Waals surface area contributed by atoms with E-state index in [0.717, 1.165) is 16.1 Å². The van der Waals surface area contributed by atoms with Gasteiger partial charge in [0.05, 0.1) is 22.1 Å². The molecule has 1 unspecified atom stereocenters. The number of carboxylic acids is 1. The lowest BCUT2D eigenvalue weighted by Gasteiger charge is -2.28. The summed E-state index contributed by atoms with van der Waals surface area (Å²) >= 11 is 6.46. The number of benzene rings is 3. The van der Waals surface area contributed by atoms with E-state index in [0.29, 0.717) is 34.4 Å². The molecule has 0 aromatic heterocycles. The molecule has 0 aliphatic carbocycles. The summed E-state index contributed by atoms with van der Waals surface area (Å²) in [6.07, 6.45) is 3.66. The van der Waals surface area contributed by atoms with E-state index in [1.807, 2.05) is 52.8 Å². The van der Waals surface area contributed by atoms with Crippen LogP contribution < -0.4 is 10.1 Å². The Hall–Kier alpha value is -3.88. The number of aliphatic carboxylic acids is 1. The van der Waals surface area contributed by atoms with E-state index in [4.69, 9.17) is 16.3 Å². The van der Waals surface area contributed by atoms with Crippen molar-refractivity contribution in [2.24, 2.45) is 4.99 Å². The molecule has 1 atom stereocenters. The Morgan fingerprint density at radius 2 is 1.89 bits per heavy atom. The Kier molecular flexibility index (Phi) is 7.39. The summed E-state index contributed by atoms with van der Waals surface area (Å²) in [5.74, 6) is -0.0592. The summed E-state index contributed by atoms with van der Waals surface area (Å²) < 4.78 is 19.2. The van der Waals surface area contributed by atoms with E-state index >= 15 is 0 Å². The van der Waals surface area contributed by atoms with Crippen LogP contribution in [-0.4, -0.2) is 33.1 Å². The minimum Gasteiger partial charge on any atom is -0.487 e. The first-order valence-corrected chi connectivity index (χ1v) is 13.3. The first-order chi connectivity index (χ1) is 18.0. The first kappa shape index (κ1) is 24.8. The molecule has 37 heavy (non-hydrogen) atoms. The van der Waals surface area contributed by atoms with Crippen molar-refractivity contribution in [1.82, 2.24) is 4.90 Å². The molecule has 0 saturated heterocycles. The number of nitrogens with one attached hydrogen (secondary N) is 1. The number of nitrogens with zero attached hydrogens (tertiary/aromatic N) is 2. The number of fused-ring (bicyclic) bond motifs is 1. The summed E-state index contributed by atoms with van der Waals surface area (Å²) in [5.41, 5.74) is 3.36. The van der Waals surface area contributed by atoms with Crippen molar-refractivity contribution in [2.75, 3.05) is 11.1 Å². The largest absolute Gasteiger partial charge is 0.487 e. The van der Waals surface area contributed by atoms with Gasteiger partial charge in [-0.05, 0) is 52.9 Å². The van der Waals surface area contributed by atoms with E-state index in [1.165, 1.54) is 12.1 Å². The first-order valence-electron chi connectivity index (χ1n) is 11.5. The number of hydrogen-bond acceptors (Lipinski definition) is 5. The molecule has 0 bridgehead atoms. The Morgan fingerprint density at radius 1 is 1.08 bits per heavy atom. The van der Waals surface area contributed by atoms with E-state index < -0.39 is 16.5 Å². The highest BCUT2D eigenvalue weighted by Gasteiger charge is 2.27. The predicted octanol–water partition coefficient (Wildman–Crippen LogP) is 6.24. The van der Waals surface area contributed by atoms with Gasteiger partial charge in [0.2, 0.25) is 0 Å². The maximum absolute atomic E-state index is 13.4. The van der Waals surface area contributed by atoms with E-state index in [-0.39, 0.29) is 18.2 Å². The van der Waals surface area contributed by atoms with E-state index in [2.05, 4.69) is 10.3 Å². The fourth-order valence-corrected chi connectivity index (χ4v) is 6.05. The summed E-state index contributed by atoms with van der Waals surface area (Å²) in [6.45, 7) is 0.778. The molecule has 6 nitrogen and oxygen atoms in total. The molecule has 0 amide bonds. The molecule has 0 spiro atoms. The zero-order chi connectivity index (χ0) is 25.8. The van der Waals surface area contributed by atoms with Gasteiger partial charge in [0.25, 0.3) is 0 Å². The summed E-state index contributed by atoms with van der Waals surface area (Å²) in [6, 6.07) is 21.5. The number of aliphatic imine (C=N–C) groups is 1. The molecule has 3 aromatic rings. The molecule has 2 heterocycles. The third-order valence-electron chi connectivity index (χ3n) is 5.67. The molecular weight excluding hydrogens is 513 g/mol. The second-order valence-electron chi connectivity index (χ2n) is 8.38. The van der Waals surface area contributed by atoms with Crippen LogP contribution in [0.25, 0.3) is 0 Å². The average Bonchev–Trinajstić information content (AvgIpc) is 3.29. The summed E-state index contributed by atoms with van der Waals surface area (Å²) in [7, 11) is -0.586. The zero-order valence-corrected chi connectivity index (χ0v) is 21.2. The highest BCUT2D eigenvalue weighted by atomic mass is 35.5. The summed E-state index contributed by atoms with van der Waals surface area (Å²) in [5, 5.41) is 15.1. The lowest BCUT2D eigenvalue weighted by molar-refractivity contribution is -0.133. The van der Waals surface area contributed by atoms with Crippen LogP contribution in [0, 0.1) is 5.82 Å². The Morgan fingerprint density at radius 3 is 2.65 bits per heavy atom. The predicted molar refractivity (Wildman–Crippen MR) is 148 cm³/mol. The van der Waals surface area contributed by atoms with Crippen LogP contribution in [0.5, 0.6) is 5.75 Å². The lowest BCUT2D eigenvalue weighted by Crippen LogP contribution is -2.33. The van der Waals surface area contributed by atoms with Gasteiger partial charge >= 0.3 is 5.97 Å². The van der Waals surface area contributed by atoms with Crippen molar-refractivity contribution < 1.29 is 19.0 Å². The third-order valence-corrected chi connectivity index (χ3v) is 7.94. The molecule has 3 aromatic carbocycles. The van der Waals surface area contributed by atoms with Crippen molar-refractivity contribution in [2.45, 2.75) is 13.2 Å². The summed E-state index contributed by atoms with van der Waals surface area (Å²) in [4.78, 5) is 19.1. The van der Waals surface area contributed by atoms with Gasteiger partial charge in [-0.15, -0.1) is 10.5 Å². The molecular formula is C28H23ClFN3O3S. The van der Waals surface area contributed by atoms with Crippen molar-refractivity contribution in [3.05, 3.63) is 118 Å². The van der Waals surface area contributed by atoms with Gasteiger partial charge in [-0.1, -0.05) is 54.1 Å². The minimum absolute atomic E-state index is 0.0188. The number of hydrogen-bond donors (Lipinski definition) is 2. The number of carboxylic acid groups (broad SMARTS) is 1. The van der Waals surface area contributed by atoms with Crippen LogP contribution in [0.2, 0.25) is 5.02 Å². The normalized spacial score (nSPS) is 16.2. The lowest BCUT2D eigenvalue weighted by atomic mass is 10.1. The van der Waals surface area contributed by atoms with Gasteiger partial charge in [0, 0.05) is 17.8 Å². The SMILES string of the molecule is O=C(O)CS1=C2C(=C(Nc3ccc(OCc4cccc(F)c4)c(Cl)c3)N=CN2Cc2ccccc2)C=C1. The maximum Gasteiger partial charge on any atom is 0.313 e. The highest BCUT2D eigenvalue weighted by molar-refractivity contribution is 8.19. The van der Waals surface area contributed by atoms with Gasteiger partial charge in [0.1, 0.15) is 24.0 Å². The zero-order valence-electron chi connectivity index (χ0n) is 19.6. The van der Waals surface area contributed by atoms with Crippen molar-refractivity contribution in [1.29, 1.82) is 0 Å². The molecule has 0 fully saturated rings. The molecule has 5 rings (SSSR count). The van der Waals surface area contributed by atoms with E-state index in [9.17, 15) is 14.3 Å². The van der Waals surface area contributed by atoms with Crippen molar-refractivity contribution in [3.8, 4) is 5.75 Å². The Bertz CT molecular complexity index is 1470. The van der Waals surface area contributed by atoms with Gasteiger partial charge < -0.3 is 20.1 Å². The molecule has 0 radical (unpaired) electrons. The van der Waals surface area contributed by atoms with Crippen LogP contribution in [0.3, 0.4) is 0 Å². The van der Waals surface area contributed by atoms with Crippen LogP contribution in [0.15, 0.2) is 101 Å². The number of halogens is 2. The highest BCUT2D eigenvalue weighted by Crippen LogP contribution is 2.36. The maximum atomic E-state index is 13.4. The Labute approximate surface area is 221 Å². The number of carbonyl (C=O) groups is 1. The monoisotopic (exact) mass is 535 g/mol. The molecule has 9 heteroatoms. The second kappa shape index (κ2) is 11.0. The number of anilines is 1. The number of ether oxygens (including phenoxy) is 1. The van der Waals surface area contributed by atoms with Crippen molar-refractivity contribution in [3.63, 3.8) is 0 Å². The molecule has 2 N–H and O–H groups in total. The third kappa shape index (κ3) is 5.93. The van der Waals surface area contributed by atoms with Gasteiger partial charge in [-0.3, -0.25) is 4.79 Å². The molecule has 2 aliphatic rings. The van der Waals surface area contributed by atoms with E-state index in [1.54, 1.807) is 30.6 Å². The topological polar surface area (TPSA) is 74.2 Å². The van der Waals surface area contributed by atoms with Crippen LogP contribution in [-0.2, 0) is 17.9 Å².